The number of hydrogen-bond donors (Lipinski definition) is 0. The summed E-state index contributed by atoms with van der Waals surface area (Å²) < 4.78 is 30.3. The number of hydrogen-bond acceptors (Lipinski definition) is 5. The first-order valence-electron chi connectivity index (χ1n) is 13.3. The van der Waals surface area contributed by atoms with Gasteiger partial charge in [0, 0.05) is 12.1 Å². The van der Waals surface area contributed by atoms with E-state index in [1.807, 2.05) is 37.3 Å². The molecule has 0 unspecified atom stereocenters. The van der Waals surface area contributed by atoms with Crippen LogP contribution in [0.25, 0.3) is 22.6 Å². The van der Waals surface area contributed by atoms with Gasteiger partial charge in [0.25, 0.3) is 11.5 Å². The van der Waals surface area contributed by atoms with Crippen LogP contribution < -0.4 is 9.86 Å². The fraction of sp³-hybridized carbons (Fsp3) is 0.121. The molecule has 0 aliphatic carbocycles. The zero-order chi connectivity index (χ0) is 28.6. The first kappa shape index (κ1) is 26.4. The van der Waals surface area contributed by atoms with Gasteiger partial charge in [0.15, 0.2) is 0 Å². The monoisotopic (exact) mass is 561 g/mol. The summed E-state index contributed by atoms with van der Waals surface area (Å²) in [6.45, 7) is 2.62. The standard InChI is InChI=1S/C33H27N3O4S/c1-23-11-15-26(16-12-23)33(38)36(41(39,40)22-25-7-3-2-4-8-25)28-17-13-24(14-18-28)21-27-19-20-35-30-10-6-5-9-29(30)32(37)34-31(27)35/h2-18,21H,19-20,22H2,1H3/b27-21+. The SMILES string of the molecule is Cc1ccc(C(=O)N(c2ccc(/C=C3\CCn4c3nc(=O)c3ccccc34)cc2)S(=O)(=O)Cc2ccccc2)cc1. The molecule has 2 heterocycles. The largest absolute Gasteiger partial charge is 0.325 e. The highest BCUT2D eigenvalue weighted by Gasteiger charge is 2.30. The van der Waals surface area contributed by atoms with E-state index >= 15 is 0 Å². The van der Waals surface area contributed by atoms with Crippen LogP contribution in [-0.2, 0) is 22.3 Å². The van der Waals surface area contributed by atoms with Gasteiger partial charge in [0.1, 0.15) is 5.82 Å². The molecule has 1 amide bonds. The van der Waals surface area contributed by atoms with Crippen molar-refractivity contribution in [2.24, 2.45) is 0 Å². The summed E-state index contributed by atoms with van der Waals surface area (Å²) in [6.07, 6.45) is 2.67. The van der Waals surface area contributed by atoms with Crippen LogP contribution in [0.1, 0.15) is 39.3 Å². The Morgan fingerprint density at radius 3 is 2.32 bits per heavy atom. The summed E-state index contributed by atoms with van der Waals surface area (Å²) in [7, 11) is -4.07. The molecule has 7 nitrogen and oxygen atoms in total. The second-order valence-electron chi connectivity index (χ2n) is 10.1. The maximum atomic E-state index is 13.7. The highest BCUT2D eigenvalue weighted by atomic mass is 32.2. The minimum atomic E-state index is -4.07. The number of allylic oxidation sites excluding steroid dienone is 1. The van der Waals surface area contributed by atoms with E-state index in [0.717, 1.165) is 26.5 Å². The molecular formula is C33H27N3O4S. The Morgan fingerprint density at radius 2 is 1.59 bits per heavy atom. The van der Waals surface area contributed by atoms with Gasteiger partial charge in [-0.1, -0.05) is 72.3 Å². The van der Waals surface area contributed by atoms with Crippen LogP contribution in [0.15, 0.2) is 108 Å². The molecule has 0 radical (unpaired) electrons. The second-order valence-corrected chi connectivity index (χ2v) is 11.9. The maximum Gasteiger partial charge on any atom is 0.281 e. The molecule has 0 spiro atoms. The average Bonchev–Trinajstić information content (AvgIpc) is 3.37. The fourth-order valence-electron chi connectivity index (χ4n) is 5.15. The van der Waals surface area contributed by atoms with Crippen molar-refractivity contribution in [2.45, 2.75) is 25.6 Å². The summed E-state index contributed by atoms with van der Waals surface area (Å²) in [4.78, 5) is 30.6. The van der Waals surface area contributed by atoms with Crippen molar-refractivity contribution in [3.63, 3.8) is 0 Å². The third-order valence-corrected chi connectivity index (χ3v) is 8.83. The van der Waals surface area contributed by atoms with E-state index in [2.05, 4.69) is 9.55 Å². The molecule has 0 saturated heterocycles. The van der Waals surface area contributed by atoms with E-state index in [-0.39, 0.29) is 22.6 Å². The first-order valence-corrected chi connectivity index (χ1v) is 14.9. The Bertz CT molecular complexity index is 1960. The van der Waals surface area contributed by atoms with Crippen LogP contribution in [0.4, 0.5) is 5.69 Å². The molecule has 1 aromatic heterocycles. The average molecular weight is 562 g/mol. The molecule has 0 atom stereocenters. The summed E-state index contributed by atoms with van der Waals surface area (Å²) in [6, 6.07) is 29.9. The van der Waals surface area contributed by atoms with E-state index in [1.54, 1.807) is 78.9 Å². The van der Waals surface area contributed by atoms with Crippen molar-refractivity contribution in [1.82, 2.24) is 9.55 Å². The Morgan fingerprint density at radius 1 is 0.902 bits per heavy atom. The molecule has 0 bridgehead atoms. The van der Waals surface area contributed by atoms with Gasteiger partial charge in [-0.15, -0.1) is 0 Å². The molecule has 6 rings (SSSR count). The van der Waals surface area contributed by atoms with Crippen LogP contribution in [0.5, 0.6) is 0 Å². The van der Waals surface area contributed by atoms with Crippen LogP contribution in [0.3, 0.4) is 0 Å². The third kappa shape index (κ3) is 5.21. The summed E-state index contributed by atoms with van der Waals surface area (Å²) in [5, 5.41) is 0.594. The van der Waals surface area contributed by atoms with Crippen LogP contribution in [0, 0.1) is 6.92 Å². The van der Waals surface area contributed by atoms with Crippen molar-refractivity contribution in [2.75, 3.05) is 4.31 Å². The molecule has 0 fully saturated rings. The van der Waals surface area contributed by atoms with Crippen molar-refractivity contribution >= 4 is 44.2 Å². The smallest absolute Gasteiger partial charge is 0.281 e. The van der Waals surface area contributed by atoms with Gasteiger partial charge in [-0.3, -0.25) is 9.59 Å². The van der Waals surface area contributed by atoms with E-state index in [1.165, 1.54) is 0 Å². The number of anilines is 1. The van der Waals surface area contributed by atoms with Crippen molar-refractivity contribution in [3.8, 4) is 0 Å². The number of amides is 1. The molecule has 204 valence electrons. The normalized spacial score (nSPS) is 13.8. The maximum absolute atomic E-state index is 13.7. The van der Waals surface area contributed by atoms with Crippen molar-refractivity contribution in [3.05, 3.63) is 142 Å². The lowest BCUT2D eigenvalue weighted by atomic mass is 10.1. The number of nitrogens with zero attached hydrogens (tertiary/aromatic N) is 3. The summed E-state index contributed by atoms with van der Waals surface area (Å²) >= 11 is 0. The molecule has 1 aliphatic heterocycles. The predicted octanol–water partition coefficient (Wildman–Crippen LogP) is 5.83. The van der Waals surface area contributed by atoms with Gasteiger partial charge in [0.05, 0.1) is 22.3 Å². The summed E-state index contributed by atoms with van der Waals surface area (Å²) in [5.74, 6) is -0.297. The number of carbonyl (C=O) groups is 1. The van der Waals surface area contributed by atoms with Crippen LogP contribution in [0.2, 0.25) is 0 Å². The van der Waals surface area contributed by atoms with Gasteiger partial charge in [-0.05, 0) is 72.5 Å². The topological polar surface area (TPSA) is 89.3 Å². The minimum absolute atomic E-state index is 0.251. The number of fused-ring (bicyclic) bond motifs is 3. The lowest BCUT2D eigenvalue weighted by molar-refractivity contribution is 0.101. The number of aryl methyl sites for hydroxylation is 2. The summed E-state index contributed by atoms with van der Waals surface area (Å²) in [5.41, 5.74) is 4.42. The lowest BCUT2D eigenvalue weighted by Gasteiger charge is -2.23. The Balaban J connectivity index is 1.36. The molecule has 0 N–H and O–H groups in total. The van der Waals surface area contributed by atoms with Gasteiger partial charge in [-0.2, -0.15) is 4.98 Å². The minimum Gasteiger partial charge on any atom is -0.325 e. The number of para-hydroxylation sites is 1. The lowest BCUT2D eigenvalue weighted by Crippen LogP contribution is -2.37. The van der Waals surface area contributed by atoms with E-state index in [9.17, 15) is 18.0 Å². The highest BCUT2D eigenvalue weighted by molar-refractivity contribution is 7.92. The quantitative estimate of drug-likeness (QED) is 0.260. The number of carbonyl (C=O) groups excluding carboxylic acids is 1. The molecule has 5 aromatic rings. The fourth-order valence-corrected chi connectivity index (χ4v) is 6.69. The van der Waals surface area contributed by atoms with E-state index in [4.69, 9.17) is 0 Å². The number of benzene rings is 4. The van der Waals surface area contributed by atoms with Gasteiger partial charge in [0.2, 0.25) is 10.0 Å². The Labute approximate surface area is 238 Å². The Kier molecular flexibility index (Phi) is 6.85. The molecule has 0 saturated carbocycles. The molecular weight excluding hydrogens is 534 g/mol. The highest BCUT2D eigenvalue weighted by Crippen LogP contribution is 2.31. The second kappa shape index (κ2) is 10.6. The molecule has 4 aromatic carbocycles. The number of rotatable bonds is 6. The van der Waals surface area contributed by atoms with E-state index in [0.29, 0.717) is 29.7 Å². The van der Waals surface area contributed by atoms with Crippen molar-refractivity contribution in [1.29, 1.82) is 0 Å². The predicted molar refractivity (Wildman–Crippen MR) is 162 cm³/mol. The number of sulfonamides is 1. The first-order chi connectivity index (χ1) is 19.8. The van der Waals surface area contributed by atoms with Crippen molar-refractivity contribution < 1.29 is 13.2 Å². The zero-order valence-corrected chi connectivity index (χ0v) is 23.2. The van der Waals surface area contributed by atoms with E-state index < -0.39 is 15.9 Å². The van der Waals surface area contributed by atoms with Gasteiger partial charge in [-0.25, -0.2) is 12.7 Å². The van der Waals surface area contributed by atoms with Gasteiger partial charge < -0.3 is 4.57 Å². The molecule has 41 heavy (non-hydrogen) atoms. The molecule has 1 aliphatic rings. The third-order valence-electron chi connectivity index (χ3n) is 7.20. The number of aromatic nitrogens is 2. The van der Waals surface area contributed by atoms with Crippen LogP contribution in [-0.4, -0.2) is 23.9 Å². The van der Waals surface area contributed by atoms with Gasteiger partial charge >= 0.3 is 0 Å². The molecule has 8 heteroatoms. The zero-order valence-electron chi connectivity index (χ0n) is 22.4. The van der Waals surface area contributed by atoms with Crippen LogP contribution >= 0.6 is 0 Å². The Hall–Kier alpha value is -4.82.